The zero-order valence-electron chi connectivity index (χ0n) is 6.12. The van der Waals surface area contributed by atoms with Gasteiger partial charge in [-0.3, -0.25) is 0 Å². The van der Waals surface area contributed by atoms with Gasteiger partial charge in [-0.05, 0) is 6.92 Å². The van der Waals surface area contributed by atoms with Crippen LogP contribution in [0.2, 0.25) is 0 Å². The highest BCUT2D eigenvalue weighted by Crippen LogP contribution is 2.18. The van der Waals surface area contributed by atoms with Crippen LogP contribution in [0.5, 0.6) is 0 Å². The summed E-state index contributed by atoms with van der Waals surface area (Å²) in [5.74, 6) is 1.27. The Morgan fingerprint density at radius 2 is 2.50 bits per heavy atom. The van der Waals surface area contributed by atoms with Crippen molar-refractivity contribution in [2.24, 2.45) is 0 Å². The first-order valence-corrected chi connectivity index (χ1v) is 3.68. The van der Waals surface area contributed by atoms with E-state index in [-0.39, 0.29) is 0 Å². The summed E-state index contributed by atoms with van der Waals surface area (Å²) in [6.07, 6.45) is 1.86. The Labute approximate surface area is 60.3 Å². The number of likely N-dealkylation sites (N-methyl/N-ethyl adjacent to an activating group) is 1. The summed E-state index contributed by atoms with van der Waals surface area (Å²) >= 11 is 0. The van der Waals surface area contributed by atoms with Gasteiger partial charge in [0.05, 0.1) is 12.7 Å². The van der Waals surface area contributed by atoms with E-state index in [1.165, 1.54) is 5.82 Å². The van der Waals surface area contributed by atoms with E-state index in [4.69, 9.17) is 0 Å². The van der Waals surface area contributed by atoms with Gasteiger partial charge in [0.2, 0.25) is 0 Å². The van der Waals surface area contributed by atoms with Crippen LogP contribution in [0.1, 0.15) is 6.92 Å². The van der Waals surface area contributed by atoms with Crippen molar-refractivity contribution in [3.63, 3.8) is 0 Å². The lowest BCUT2D eigenvalue weighted by Crippen LogP contribution is -2.18. The Morgan fingerprint density at radius 1 is 1.60 bits per heavy atom. The second-order valence-electron chi connectivity index (χ2n) is 2.49. The molecular weight excluding hydrogens is 126 g/mol. The lowest BCUT2D eigenvalue weighted by Gasteiger charge is -2.12. The van der Waals surface area contributed by atoms with E-state index in [1.54, 1.807) is 0 Å². The van der Waals surface area contributed by atoms with Crippen LogP contribution in [0.25, 0.3) is 0 Å². The maximum absolute atomic E-state index is 4.17. The standard InChI is InChI=1S/C7H11N3/c1-2-9-5-6-10-7(9)3-4-8-10/h3-4H,2,5-6H2,1H3. The molecule has 2 heterocycles. The van der Waals surface area contributed by atoms with Gasteiger partial charge in [0, 0.05) is 19.2 Å². The summed E-state index contributed by atoms with van der Waals surface area (Å²) in [6.45, 7) is 5.43. The molecule has 0 aliphatic carbocycles. The summed E-state index contributed by atoms with van der Waals surface area (Å²) in [4.78, 5) is 2.33. The molecule has 0 N–H and O–H groups in total. The smallest absolute Gasteiger partial charge is 0.126 e. The maximum Gasteiger partial charge on any atom is 0.126 e. The van der Waals surface area contributed by atoms with E-state index in [9.17, 15) is 0 Å². The molecule has 1 aromatic heterocycles. The molecule has 0 saturated heterocycles. The van der Waals surface area contributed by atoms with Gasteiger partial charge in [-0.25, -0.2) is 4.68 Å². The summed E-state index contributed by atoms with van der Waals surface area (Å²) in [5.41, 5.74) is 0. The monoisotopic (exact) mass is 137 g/mol. The minimum absolute atomic E-state index is 1.05. The van der Waals surface area contributed by atoms with Gasteiger partial charge in [0.1, 0.15) is 5.82 Å². The normalized spacial score (nSPS) is 15.9. The van der Waals surface area contributed by atoms with Gasteiger partial charge in [-0.1, -0.05) is 0 Å². The molecule has 0 aromatic carbocycles. The molecule has 3 heteroatoms. The molecule has 0 saturated carbocycles. The number of aromatic nitrogens is 2. The third kappa shape index (κ3) is 0.632. The molecule has 0 bridgehead atoms. The molecule has 1 aliphatic heterocycles. The van der Waals surface area contributed by atoms with Crippen molar-refractivity contribution >= 4 is 5.82 Å². The van der Waals surface area contributed by atoms with E-state index >= 15 is 0 Å². The van der Waals surface area contributed by atoms with Gasteiger partial charge in [-0.2, -0.15) is 5.10 Å². The highest BCUT2D eigenvalue weighted by molar-refractivity contribution is 5.40. The molecule has 3 nitrogen and oxygen atoms in total. The molecule has 0 radical (unpaired) electrons. The number of hydrogen-bond acceptors (Lipinski definition) is 2. The Kier molecular flexibility index (Phi) is 1.16. The van der Waals surface area contributed by atoms with Gasteiger partial charge in [-0.15, -0.1) is 0 Å². The van der Waals surface area contributed by atoms with Crippen LogP contribution in [-0.4, -0.2) is 22.9 Å². The second kappa shape index (κ2) is 2.01. The number of anilines is 1. The molecule has 10 heavy (non-hydrogen) atoms. The number of hydrogen-bond donors (Lipinski definition) is 0. The quantitative estimate of drug-likeness (QED) is 0.568. The van der Waals surface area contributed by atoms with Crippen LogP contribution in [0.15, 0.2) is 12.3 Å². The van der Waals surface area contributed by atoms with Crippen LogP contribution in [0, 0.1) is 0 Å². The lowest BCUT2D eigenvalue weighted by atomic mass is 10.5. The van der Waals surface area contributed by atoms with E-state index in [1.807, 2.05) is 10.9 Å². The molecule has 0 unspecified atom stereocenters. The van der Waals surface area contributed by atoms with Crippen molar-refractivity contribution < 1.29 is 0 Å². The molecule has 0 spiro atoms. The minimum Gasteiger partial charge on any atom is -0.355 e. The Balaban J connectivity index is 2.34. The molecular formula is C7H11N3. The topological polar surface area (TPSA) is 21.1 Å². The predicted molar refractivity (Wildman–Crippen MR) is 40.1 cm³/mol. The molecule has 0 atom stereocenters. The zero-order valence-corrected chi connectivity index (χ0v) is 6.12. The Morgan fingerprint density at radius 3 is 3.30 bits per heavy atom. The second-order valence-corrected chi connectivity index (χ2v) is 2.49. The number of nitrogens with zero attached hydrogens (tertiary/aromatic N) is 3. The third-order valence-electron chi connectivity index (χ3n) is 1.98. The van der Waals surface area contributed by atoms with Gasteiger partial charge in [0.15, 0.2) is 0 Å². The van der Waals surface area contributed by atoms with Gasteiger partial charge >= 0.3 is 0 Å². The first-order valence-electron chi connectivity index (χ1n) is 3.68. The minimum atomic E-state index is 1.05. The average Bonchev–Trinajstić information content (AvgIpc) is 2.44. The average molecular weight is 137 g/mol. The van der Waals surface area contributed by atoms with Crippen LogP contribution >= 0.6 is 0 Å². The molecule has 2 rings (SSSR count). The molecule has 0 amide bonds. The van der Waals surface area contributed by atoms with E-state index in [0.29, 0.717) is 0 Å². The van der Waals surface area contributed by atoms with Crippen LogP contribution in [0.3, 0.4) is 0 Å². The lowest BCUT2D eigenvalue weighted by molar-refractivity contribution is 0.688. The largest absolute Gasteiger partial charge is 0.355 e. The van der Waals surface area contributed by atoms with Crippen molar-refractivity contribution in [2.75, 3.05) is 18.0 Å². The first-order chi connectivity index (χ1) is 4.92. The van der Waals surface area contributed by atoms with Crippen molar-refractivity contribution in [1.82, 2.24) is 9.78 Å². The number of rotatable bonds is 1. The molecule has 1 aliphatic rings. The summed E-state index contributed by atoms with van der Waals surface area (Å²) in [5, 5.41) is 4.17. The Bertz CT molecular complexity index is 229. The molecule has 0 fully saturated rings. The molecule has 1 aromatic rings. The van der Waals surface area contributed by atoms with Crippen LogP contribution < -0.4 is 4.90 Å². The third-order valence-corrected chi connectivity index (χ3v) is 1.98. The van der Waals surface area contributed by atoms with E-state index < -0.39 is 0 Å². The van der Waals surface area contributed by atoms with E-state index in [0.717, 1.165) is 19.6 Å². The number of fused-ring (bicyclic) bond motifs is 1. The fourth-order valence-corrected chi connectivity index (χ4v) is 1.42. The van der Waals surface area contributed by atoms with E-state index in [2.05, 4.69) is 23.0 Å². The summed E-state index contributed by atoms with van der Waals surface area (Å²) in [7, 11) is 0. The van der Waals surface area contributed by atoms with Crippen molar-refractivity contribution in [3.8, 4) is 0 Å². The highest BCUT2D eigenvalue weighted by Gasteiger charge is 2.16. The Hall–Kier alpha value is -0.990. The summed E-state index contributed by atoms with van der Waals surface area (Å²) < 4.78 is 2.05. The van der Waals surface area contributed by atoms with Gasteiger partial charge < -0.3 is 4.90 Å². The van der Waals surface area contributed by atoms with Crippen molar-refractivity contribution in [1.29, 1.82) is 0 Å². The first kappa shape index (κ1) is 5.77. The SMILES string of the molecule is CCN1CCn2nccc21. The fourth-order valence-electron chi connectivity index (χ4n) is 1.42. The van der Waals surface area contributed by atoms with Gasteiger partial charge in [0.25, 0.3) is 0 Å². The predicted octanol–water partition coefficient (Wildman–Crippen LogP) is 0.723. The summed E-state index contributed by atoms with van der Waals surface area (Å²) in [6, 6.07) is 2.07. The van der Waals surface area contributed by atoms with Crippen LogP contribution in [-0.2, 0) is 6.54 Å². The maximum atomic E-state index is 4.17. The fraction of sp³-hybridized carbons (Fsp3) is 0.571. The highest BCUT2D eigenvalue weighted by atomic mass is 15.4. The van der Waals surface area contributed by atoms with Crippen LogP contribution in [0.4, 0.5) is 5.82 Å². The zero-order chi connectivity index (χ0) is 6.97. The molecule has 54 valence electrons. The van der Waals surface area contributed by atoms with Crippen molar-refractivity contribution in [3.05, 3.63) is 12.3 Å². The van der Waals surface area contributed by atoms with Crippen molar-refractivity contribution in [2.45, 2.75) is 13.5 Å².